The highest BCUT2D eigenvalue weighted by Gasteiger charge is 2.22. The average molecular weight is 526 g/mol. The summed E-state index contributed by atoms with van der Waals surface area (Å²) in [6, 6.07) is 5.26. The number of benzene rings is 1. The lowest BCUT2D eigenvalue weighted by Gasteiger charge is -2.28. The standard InChI is InChI=1S/C22H28ClFN5OP3/c1-13-19(24)4-3-18(23)21(13)14(2)30-20-9-15(10-25-22(20)29(32)33)16-11-26-28(12-16)17-5-7-27(31)8-6-17/h3-4,9-12,14,17H,5-8,31-33H2,1-2H3. The summed E-state index contributed by atoms with van der Waals surface area (Å²) in [4.78, 5) is 4.60. The highest BCUT2D eigenvalue weighted by atomic mass is 35.5. The third-order valence-electron chi connectivity index (χ3n) is 5.99. The van der Waals surface area contributed by atoms with Crippen LogP contribution in [0.2, 0.25) is 5.02 Å². The van der Waals surface area contributed by atoms with Crippen LogP contribution in [0.4, 0.5) is 10.2 Å². The van der Waals surface area contributed by atoms with Crippen LogP contribution in [0.25, 0.3) is 11.1 Å². The quantitative estimate of drug-likeness (QED) is 0.369. The van der Waals surface area contributed by atoms with E-state index in [1.54, 1.807) is 23.6 Å². The molecule has 176 valence electrons. The summed E-state index contributed by atoms with van der Waals surface area (Å²) in [5.41, 5.74) is 2.97. The molecular formula is C22H28ClFN5OP3. The SMILES string of the molecule is Cc1c(F)ccc(Cl)c1C(C)Oc1cc(-c2cnn(C3CCN(P)CC3)c2)cnc1N(P)P. The van der Waals surface area contributed by atoms with E-state index in [9.17, 15) is 4.39 Å². The highest BCUT2D eigenvalue weighted by molar-refractivity contribution is 7.39. The van der Waals surface area contributed by atoms with Gasteiger partial charge in [-0.15, -0.1) is 0 Å². The second-order valence-corrected chi connectivity index (χ2v) is 11.1. The third-order valence-corrected chi connectivity index (χ3v) is 7.33. The number of piperidine rings is 1. The minimum Gasteiger partial charge on any atom is -0.482 e. The van der Waals surface area contributed by atoms with Gasteiger partial charge in [-0.1, -0.05) is 21.0 Å². The Hall–Kier alpha value is -1.35. The molecule has 4 rings (SSSR count). The van der Waals surface area contributed by atoms with E-state index in [2.05, 4.69) is 53.8 Å². The van der Waals surface area contributed by atoms with Gasteiger partial charge in [0, 0.05) is 47.2 Å². The van der Waals surface area contributed by atoms with Crippen molar-refractivity contribution < 1.29 is 9.13 Å². The maximum Gasteiger partial charge on any atom is 0.177 e. The smallest absolute Gasteiger partial charge is 0.177 e. The van der Waals surface area contributed by atoms with Crippen LogP contribution in [0.15, 0.2) is 36.8 Å². The molecule has 6 nitrogen and oxygen atoms in total. The number of hydrogen-bond donors (Lipinski definition) is 0. The van der Waals surface area contributed by atoms with Crippen LogP contribution in [0, 0.1) is 12.7 Å². The van der Waals surface area contributed by atoms with Gasteiger partial charge in [0.2, 0.25) is 0 Å². The molecule has 0 aliphatic carbocycles. The summed E-state index contributed by atoms with van der Waals surface area (Å²) in [5.74, 6) is 0.871. The Kier molecular flexibility index (Phi) is 7.88. The Labute approximate surface area is 206 Å². The molecule has 0 N–H and O–H groups in total. The van der Waals surface area contributed by atoms with Gasteiger partial charge in [-0.05, 0) is 69.2 Å². The Morgan fingerprint density at radius 1 is 1.21 bits per heavy atom. The first-order chi connectivity index (χ1) is 15.7. The molecular weight excluding hydrogens is 498 g/mol. The summed E-state index contributed by atoms with van der Waals surface area (Å²) >= 11 is 6.38. The van der Waals surface area contributed by atoms with Gasteiger partial charge in [0.1, 0.15) is 11.9 Å². The first kappa shape index (κ1) is 24.8. The second kappa shape index (κ2) is 10.5. The van der Waals surface area contributed by atoms with Gasteiger partial charge in [-0.3, -0.25) is 9.35 Å². The number of nitrogens with zero attached hydrogens (tertiary/aromatic N) is 5. The minimum absolute atomic E-state index is 0.310. The van der Waals surface area contributed by atoms with E-state index in [-0.39, 0.29) is 5.82 Å². The first-order valence-electron chi connectivity index (χ1n) is 10.7. The molecule has 1 fully saturated rings. The van der Waals surface area contributed by atoms with Crippen molar-refractivity contribution in [1.82, 2.24) is 19.4 Å². The predicted octanol–water partition coefficient (Wildman–Crippen LogP) is 6.00. The summed E-state index contributed by atoms with van der Waals surface area (Å²) in [6.07, 6.45) is 7.40. The van der Waals surface area contributed by atoms with Crippen LogP contribution >= 0.6 is 39.8 Å². The van der Waals surface area contributed by atoms with Crippen LogP contribution < -0.4 is 9.18 Å². The van der Waals surface area contributed by atoms with Crippen molar-refractivity contribution in [3.8, 4) is 16.9 Å². The number of halogens is 2. The van der Waals surface area contributed by atoms with Gasteiger partial charge in [0.15, 0.2) is 11.6 Å². The monoisotopic (exact) mass is 525 g/mol. The molecule has 0 bridgehead atoms. The molecule has 4 atom stereocenters. The van der Waals surface area contributed by atoms with Gasteiger partial charge in [0.25, 0.3) is 0 Å². The van der Waals surface area contributed by atoms with E-state index in [4.69, 9.17) is 16.3 Å². The molecule has 3 heterocycles. The Morgan fingerprint density at radius 3 is 2.64 bits per heavy atom. The number of hydrogen-bond acceptors (Lipinski definition) is 5. The lowest BCUT2D eigenvalue weighted by Crippen LogP contribution is -2.27. The van der Waals surface area contributed by atoms with Crippen molar-refractivity contribution in [2.45, 2.75) is 38.8 Å². The number of aromatic nitrogens is 3. The maximum atomic E-state index is 14.2. The molecule has 1 aliphatic heterocycles. The zero-order valence-electron chi connectivity index (χ0n) is 18.6. The molecule has 0 spiro atoms. The van der Waals surface area contributed by atoms with Crippen molar-refractivity contribution in [3.05, 3.63) is 58.8 Å². The molecule has 4 unspecified atom stereocenters. The molecule has 1 aromatic carbocycles. The molecule has 11 heteroatoms. The van der Waals surface area contributed by atoms with Crippen molar-refractivity contribution in [2.24, 2.45) is 0 Å². The second-order valence-electron chi connectivity index (χ2n) is 8.26. The molecule has 3 aromatic rings. The Bertz CT molecular complexity index is 1140. The van der Waals surface area contributed by atoms with E-state index in [1.165, 1.54) is 6.07 Å². The van der Waals surface area contributed by atoms with Gasteiger partial charge < -0.3 is 9.18 Å². The minimum atomic E-state index is -0.473. The van der Waals surface area contributed by atoms with Gasteiger partial charge in [0.05, 0.1) is 12.2 Å². The van der Waals surface area contributed by atoms with Crippen molar-refractivity contribution in [1.29, 1.82) is 0 Å². The topological polar surface area (TPSA) is 46.4 Å². The fraction of sp³-hybridized carbons (Fsp3) is 0.364. The van der Waals surface area contributed by atoms with Crippen LogP contribution in [-0.4, -0.2) is 32.5 Å². The van der Waals surface area contributed by atoms with E-state index in [1.807, 2.05) is 19.2 Å². The fourth-order valence-corrected chi connectivity index (χ4v) is 5.17. The number of ether oxygens (including phenoxy) is 1. The summed E-state index contributed by atoms with van der Waals surface area (Å²) < 4.78 is 26.5. The van der Waals surface area contributed by atoms with Gasteiger partial charge in [-0.25, -0.2) is 9.37 Å². The number of anilines is 1. The van der Waals surface area contributed by atoms with Crippen molar-refractivity contribution in [2.75, 3.05) is 17.5 Å². The Balaban J connectivity index is 1.63. The molecule has 0 radical (unpaired) electrons. The normalized spacial score (nSPS) is 16.1. The third kappa shape index (κ3) is 5.50. The maximum absolute atomic E-state index is 14.2. The van der Waals surface area contributed by atoms with E-state index < -0.39 is 6.10 Å². The van der Waals surface area contributed by atoms with Crippen molar-refractivity contribution >= 4 is 45.6 Å². The zero-order valence-corrected chi connectivity index (χ0v) is 22.8. The lowest BCUT2D eigenvalue weighted by atomic mass is 10.0. The summed E-state index contributed by atoms with van der Waals surface area (Å²) in [6.45, 7) is 5.64. The number of pyridine rings is 1. The zero-order chi connectivity index (χ0) is 23.7. The van der Waals surface area contributed by atoms with E-state index >= 15 is 0 Å². The van der Waals surface area contributed by atoms with Crippen molar-refractivity contribution in [3.63, 3.8) is 0 Å². The molecule has 33 heavy (non-hydrogen) atoms. The van der Waals surface area contributed by atoms with Crippen LogP contribution in [0.3, 0.4) is 0 Å². The largest absolute Gasteiger partial charge is 0.482 e. The van der Waals surface area contributed by atoms with Gasteiger partial charge >= 0.3 is 0 Å². The lowest BCUT2D eigenvalue weighted by molar-refractivity contribution is 0.226. The Morgan fingerprint density at radius 2 is 1.94 bits per heavy atom. The fourth-order valence-electron chi connectivity index (χ4n) is 4.13. The van der Waals surface area contributed by atoms with Gasteiger partial charge in [-0.2, -0.15) is 5.10 Å². The molecule has 0 amide bonds. The molecule has 0 saturated carbocycles. The molecule has 1 aliphatic rings. The summed E-state index contributed by atoms with van der Waals surface area (Å²) in [5, 5.41) is 5.09. The average Bonchev–Trinajstić information content (AvgIpc) is 3.27. The van der Waals surface area contributed by atoms with E-state index in [0.717, 1.165) is 37.1 Å². The van der Waals surface area contributed by atoms with Crippen LogP contribution in [-0.2, 0) is 0 Å². The molecule has 2 aromatic heterocycles. The first-order valence-corrected chi connectivity index (χ1v) is 12.6. The highest BCUT2D eigenvalue weighted by Crippen LogP contribution is 2.39. The predicted molar refractivity (Wildman–Crippen MR) is 142 cm³/mol. The van der Waals surface area contributed by atoms with Crippen LogP contribution in [0.1, 0.15) is 43.0 Å². The molecule has 1 saturated heterocycles. The summed E-state index contributed by atoms with van der Waals surface area (Å²) in [7, 11) is 7.89. The number of rotatable bonds is 6. The van der Waals surface area contributed by atoms with E-state index in [0.29, 0.717) is 33.8 Å². The van der Waals surface area contributed by atoms with Crippen LogP contribution in [0.5, 0.6) is 5.75 Å².